The second-order valence-corrected chi connectivity index (χ2v) is 7.26. The van der Waals surface area contributed by atoms with Gasteiger partial charge in [0.25, 0.3) is 0 Å². The Hall–Kier alpha value is -0.0900. The van der Waals surface area contributed by atoms with Gasteiger partial charge in [-0.1, -0.05) is 13.8 Å². The minimum Gasteiger partial charge on any atom is -0.327 e. The standard InChI is InChI=1S/C9H17NO2S/c1-9(2)7(8(9)10)6-3-4-13(11,12)5-6/h6-8H,3-5,10H2,1-2H3. The van der Waals surface area contributed by atoms with E-state index in [0.29, 0.717) is 23.3 Å². The van der Waals surface area contributed by atoms with Gasteiger partial charge in [0.2, 0.25) is 0 Å². The van der Waals surface area contributed by atoms with Gasteiger partial charge < -0.3 is 5.73 Å². The average molecular weight is 203 g/mol. The Morgan fingerprint density at radius 1 is 1.38 bits per heavy atom. The Kier molecular flexibility index (Phi) is 1.81. The number of rotatable bonds is 1. The molecule has 1 saturated carbocycles. The SMILES string of the molecule is CC1(C)C(N)C1C1CCS(=O)(=O)C1. The van der Waals surface area contributed by atoms with Gasteiger partial charge in [0.05, 0.1) is 11.5 Å². The first kappa shape index (κ1) is 9.46. The van der Waals surface area contributed by atoms with E-state index >= 15 is 0 Å². The zero-order chi connectivity index (χ0) is 9.85. The second-order valence-electron chi connectivity index (χ2n) is 5.04. The third kappa shape index (κ3) is 1.40. The molecule has 3 nitrogen and oxygen atoms in total. The molecular formula is C9H17NO2S. The lowest BCUT2D eigenvalue weighted by atomic mass is 9.97. The molecule has 2 fully saturated rings. The van der Waals surface area contributed by atoms with E-state index in [1.165, 1.54) is 0 Å². The molecule has 0 aromatic rings. The van der Waals surface area contributed by atoms with Crippen molar-refractivity contribution in [1.82, 2.24) is 0 Å². The van der Waals surface area contributed by atoms with Crippen molar-refractivity contribution in [1.29, 1.82) is 0 Å². The Balaban J connectivity index is 2.07. The van der Waals surface area contributed by atoms with E-state index in [1.807, 2.05) is 0 Å². The van der Waals surface area contributed by atoms with Crippen LogP contribution < -0.4 is 5.73 Å². The van der Waals surface area contributed by atoms with Crippen molar-refractivity contribution in [2.75, 3.05) is 11.5 Å². The van der Waals surface area contributed by atoms with Gasteiger partial charge in [-0.05, 0) is 23.7 Å². The van der Waals surface area contributed by atoms with Crippen LogP contribution in [0.4, 0.5) is 0 Å². The topological polar surface area (TPSA) is 60.2 Å². The van der Waals surface area contributed by atoms with Crippen LogP contribution in [0.3, 0.4) is 0 Å². The van der Waals surface area contributed by atoms with Gasteiger partial charge in [-0.15, -0.1) is 0 Å². The van der Waals surface area contributed by atoms with E-state index in [1.54, 1.807) is 0 Å². The molecule has 76 valence electrons. The average Bonchev–Trinajstić information content (AvgIpc) is 2.37. The summed E-state index contributed by atoms with van der Waals surface area (Å²) in [6.07, 6.45) is 0.824. The van der Waals surface area contributed by atoms with Gasteiger partial charge in [0.1, 0.15) is 0 Å². The molecule has 0 aromatic heterocycles. The van der Waals surface area contributed by atoms with Crippen LogP contribution in [-0.2, 0) is 9.84 Å². The largest absolute Gasteiger partial charge is 0.327 e. The third-order valence-electron chi connectivity index (χ3n) is 3.77. The van der Waals surface area contributed by atoms with Crippen LogP contribution >= 0.6 is 0 Å². The van der Waals surface area contributed by atoms with Crippen molar-refractivity contribution in [3.05, 3.63) is 0 Å². The maximum atomic E-state index is 11.3. The fourth-order valence-corrected chi connectivity index (χ4v) is 4.58. The van der Waals surface area contributed by atoms with E-state index in [4.69, 9.17) is 5.73 Å². The molecule has 2 aliphatic rings. The van der Waals surface area contributed by atoms with Crippen LogP contribution in [0.2, 0.25) is 0 Å². The summed E-state index contributed by atoms with van der Waals surface area (Å²) >= 11 is 0. The first-order chi connectivity index (χ1) is 5.84. The summed E-state index contributed by atoms with van der Waals surface area (Å²) in [7, 11) is -2.73. The Morgan fingerprint density at radius 2 is 1.92 bits per heavy atom. The summed E-state index contributed by atoms with van der Waals surface area (Å²) in [4.78, 5) is 0. The molecule has 0 bridgehead atoms. The van der Waals surface area contributed by atoms with E-state index in [0.717, 1.165) is 6.42 Å². The number of nitrogens with two attached hydrogens (primary N) is 1. The fourth-order valence-electron chi connectivity index (χ4n) is 2.73. The number of sulfone groups is 1. The maximum Gasteiger partial charge on any atom is 0.150 e. The summed E-state index contributed by atoms with van der Waals surface area (Å²) < 4.78 is 22.5. The van der Waals surface area contributed by atoms with Crippen molar-refractivity contribution in [2.45, 2.75) is 26.3 Å². The van der Waals surface area contributed by atoms with Gasteiger partial charge in [0.15, 0.2) is 9.84 Å². The molecule has 0 amide bonds. The van der Waals surface area contributed by atoms with Crippen LogP contribution in [0.15, 0.2) is 0 Å². The fraction of sp³-hybridized carbons (Fsp3) is 1.00. The summed E-state index contributed by atoms with van der Waals surface area (Å²) in [5.41, 5.74) is 6.09. The molecule has 0 radical (unpaired) electrons. The summed E-state index contributed by atoms with van der Waals surface area (Å²) in [6.45, 7) is 4.26. The summed E-state index contributed by atoms with van der Waals surface area (Å²) in [5.74, 6) is 1.51. The lowest BCUT2D eigenvalue weighted by molar-refractivity contribution is 0.429. The van der Waals surface area contributed by atoms with Gasteiger partial charge in [-0.2, -0.15) is 0 Å². The van der Waals surface area contributed by atoms with Crippen molar-refractivity contribution < 1.29 is 8.42 Å². The molecule has 1 aliphatic heterocycles. The van der Waals surface area contributed by atoms with Gasteiger partial charge >= 0.3 is 0 Å². The molecule has 2 rings (SSSR count). The highest BCUT2D eigenvalue weighted by molar-refractivity contribution is 7.91. The zero-order valence-electron chi connectivity index (χ0n) is 8.16. The highest BCUT2D eigenvalue weighted by Crippen LogP contribution is 2.56. The van der Waals surface area contributed by atoms with Crippen LogP contribution in [0.1, 0.15) is 20.3 Å². The lowest BCUT2D eigenvalue weighted by Gasteiger charge is -2.07. The second kappa shape index (κ2) is 2.48. The molecule has 3 atom stereocenters. The summed E-state index contributed by atoms with van der Waals surface area (Å²) in [6, 6.07) is 0.214. The van der Waals surface area contributed by atoms with Crippen LogP contribution in [-0.4, -0.2) is 26.0 Å². The molecule has 13 heavy (non-hydrogen) atoms. The van der Waals surface area contributed by atoms with Crippen molar-refractivity contribution >= 4 is 9.84 Å². The van der Waals surface area contributed by atoms with Crippen molar-refractivity contribution in [3.8, 4) is 0 Å². The van der Waals surface area contributed by atoms with Crippen molar-refractivity contribution in [2.24, 2.45) is 23.0 Å². The summed E-state index contributed by atoms with van der Waals surface area (Å²) in [5, 5.41) is 0. The zero-order valence-corrected chi connectivity index (χ0v) is 8.97. The van der Waals surface area contributed by atoms with Crippen LogP contribution in [0.5, 0.6) is 0 Å². The molecule has 3 unspecified atom stereocenters. The van der Waals surface area contributed by atoms with E-state index < -0.39 is 9.84 Å². The smallest absolute Gasteiger partial charge is 0.150 e. The van der Waals surface area contributed by atoms with E-state index in [2.05, 4.69) is 13.8 Å². The van der Waals surface area contributed by atoms with Gasteiger partial charge in [-0.25, -0.2) is 8.42 Å². The predicted molar refractivity (Wildman–Crippen MR) is 52.0 cm³/mol. The Bertz CT molecular complexity index is 321. The molecule has 2 N–H and O–H groups in total. The number of hydrogen-bond donors (Lipinski definition) is 1. The normalized spacial score (nSPS) is 46.2. The number of hydrogen-bond acceptors (Lipinski definition) is 3. The van der Waals surface area contributed by atoms with Gasteiger partial charge in [0, 0.05) is 6.04 Å². The highest BCUT2D eigenvalue weighted by Gasteiger charge is 2.60. The molecule has 0 aromatic carbocycles. The Morgan fingerprint density at radius 3 is 2.23 bits per heavy atom. The first-order valence-electron chi connectivity index (χ1n) is 4.80. The minimum absolute atomic E-state index is 0.171. The molecule has 0 spiro atoms. The van der Waals surface area contributed by atoms with Crippen LogP contribution in [0.25, 0.3) is 0 Å². The van der Waals surface area contributed by atoms with Crippen LogP contribution in [0, 0.1) is 17.3 Å². The maximum absolute atomic E-state index is 11.3. The molecule has 1 saturated heterocycles. The lowest BCUT2D eigenvalue weighted by Crippen LogP contribution is -2.12. The van der Waals surface area contributed by atoms with Crippen molar-refractivity contribution in [3.63, 3.8) is 0 Å². The predicted octanol–water partition coefficient (Wildman–Crippen LogP) is 0.404. The quantitative estimate of drug-likeness (QED) is 0.671. The first-order valence-corrected chi connectivity index (χ1v) is 6.63. The van der Waals surface area contributed by atoms with E-state index in [-0.39, 0.29) is 11.5 Å². The molecule has 1 aliphatic carbocycles. The Labute approximate surface area is 79.6 Å². The van der Waals surface area contributed by atoms with E-state index in [9.17, 15) is 8.42 Å². The molecule has 1 heterocycles. The highest BCUT2D eigenvalue weighted by atomic mass is 32.2. The molecule has 4 heteroatoms. The monoisotopic (exact) mass is 203 g/mol. The minimum atomic E-state index is -2.73. The molecular weight excluding hydrogens is 186 g/mol. The van der Waals surface area contributed by atoms with Gasteiger partial charge in [-0.3, -0.25) is 0 Å². The third-order valence-corrected chi connectivity index (χ3v) is 5.57.